The van der Waals surface area contributed by atoms with Crippen LogP contribution in [0, 0.1) is 17.0 Å². The number of amides is 1. The second-order valence-corrected chi connectivity index (χ2v) is 7.81. The first kappa shape index (κ1) is 22.8. The zero-order valence-electron chi connectivity index (χ0n) is 17.7. The minimum absolute atomic E-state index is 0.0661. The highest BCUT2D eigenvalue weighted by Crippen LogP contribution is 2.32. The Morgan fingerprint density at radius 2 is 1.69 bits per heavy atom. The quantitative estimate of drug-likeness (QED) is 0.299. The molecule has 0 aliphatic carbocycles. The molecule has 0 heterocycles. The molecule has 0 bridgehead atoms. The summed E-state index contributed by atoms with van der Waals surface area (Å²) in [6.45, 7) is 2.00. The first-order chi connectivity index (χ1) is 15.4. The van der Waals surface area contributed by atoms with Crippen molar-refractivity contribution >= 4 is 29.6 Å². The van der Waals surface area contributed by atoms with Gasteiger partial charge in [0.05, 0.1) is 25.4 Å². The van der Waals surface area contributed by atoms with Crippen molar-refractivity contribution in [3.05, 3.63) is 87.5 Å². The summed E-state index contributed by atoms with van der Waals surface area (Å²) in [5, 5.41) is 15.2. The highest BCUT2D eigenvalue weighted by atomic mass is 32.2. The first-order valence-electron chi connectivity index (χ1n) is 9.49. The summed E-state index contributed by atoms with van der Waals surface area (Å²) in [7, 11) is 2.98. The van der Waals surface area contributed by atoms with Crippen LogP contribution in [0.25, 0.3) is 0 Å². The molecular weight excluding hydrogens is 430 g/mol. The van der Waals surface area contributed by atoms with Crippen molar-refractivity contribution in [3.63, 3.8) is 0 Å². The fourth-order valence-corrected chi connectivity index (χ4v) is 3.63. The summed E-state index contributed by atoms with van der Waals surface area (Å²) in [6.07, 6.45) is 1.39. The fourth-order valence-electron chi connectivity index (χ4n) is 2.74. The molecule has 0 atom stereocenters. The van der Waals surface area contributed by atoms with Crippen molar-refractivity contribution in [3.8, 4) is 11.5 Å². The van der Waals surface area contributed by atoms with Gasteiger partial charge in [0.1, 0.15) is 11.5 Å². The first-order valence-corrected chi connectivity index (χ1v) is 10.3. The van der Waals surface area contributed by atoms with Gasteiger partial charge in [0.25, 0.3) is 11.6 Å². The van der Waals surface area contributed by atoms with E-state index in [1.54, 1.807) is 24.3 Å². The lowest BCUT2D eigenvalue weighted by atomic mass is 10.2. The standard InChI is InChI=1S/C23H21N3O5S/c1-15-4-7-21(8-5-15)32-22-9-6-18(26(28)29)10-17(22)14-24-25-23(27)16-11-19(30-2)13-20(12-16)31-3/h4-14H,1-3H3,(H,25,27)/b24-14+. The van der Waals surface area contributed by atoms with Crippen LogP contribution >= 0.6 is 11.8 Å². The molecule has 0 fully saturated rings. The third kappa shape index (κ3) is 5.86. The molecule has 32 heavy (non-hydrogen) atoms. The van der Waals surface area contributed by atoms with Crippen LogP contribution in [0.15, 0.2) is 75.6 Å². The van der Waals surface area contributed by atoms with Crippen molar-refractivity contribution in [2.24, 2.45) is 5.10 Å². The van der Waals surface area contributed by atoms with Gasteiger partial charge in [-0.2, -0.15) is 5.10 Å². The lowest BCUT2D eigenvalue weighted by Crippen LogP contribution is -2.17. The van der Waals surface area contributed by atoms with Gasteiger partial charge >= 0.3 is 0 Å². The van der Waals surface area contributed by atoms with Crippen LogP contribution in [-0.4, -0.2) is 31.3 Å². The van der Waals surface area contributed by atoms with Crippen molar-refractivity contribution < 1.29 is 19.2 Å². The third-order valence-corrected chi connectivity index (χ3v) is 5.54. The minimum atomic E-state index is -0.475. The Kier molecular flexibility index (Phi) is 7.45. The van der Waals surface area contributed by atoms with Crippen LogP contribution < -0.4 is 14.9 Å². The van der Waals surface area contributed by atoms with Gasteiger partial charge in [0.15, 0.2) is 0 Å². The molecule has 164 valence electrons. The summed E-state index contributed by atoms with van der Waals surface area (Å²) >= 11 is 1.45. The number of carbonyl (C=O) groups excluding carboxylic acids is 1. The van der Waals surface area contributed by atoms with E-state index in [0.717, 1.165) is 15.4 Å². The van der Waals surface area contributed by atoms with E-state index < -0.39 is 10.8 Å². The summed E-state index contributed by atoms with van der Waals surface area (Å²) in [5.74, 6) is 0.458. The van der Waals surface area contributed by atoms with Gasteiger partial charge in [-0.05, 0) is 37.3 Å². The number of hydrogen-bond acceptors (Lipinski definition) is 7. The van der Waals surface area contributed by atoms with Gasteiger partial charge < -0.3 is 9.47 Å². The van der Waals surface area contributed by atoms with Crippen molar-refractivity contribution in [1.29, 1.82) is 0 Å². The molecule has 0 aliphatic rings. The molecule has 1 amide bonds. The Hall–Kier alpha value is -3.85. The average Bonchev–Trinajstić information content (AvgIpc) is 2.80. The van der Waals surface area contributed by atoms with E-state index in [2.05, 4.69) is 10.5 Å². The number of methoxy groups -OCH3 is 2. The van der Waals surface area contributed by atoms with Crippen molar-refractivity contribution in [2.75, 3.05) is 14.2 Å². The monoisotopic (exact) mass is 451 g/mol. The molecule has 8 nitrogen and oxygen atoms in total. The summed E-state index contributed by atoms with van der Waals surface area (Å²) in [4.78, 5) is 25.0. The van der Waals surface area contributed by atoms with E-state index in [4.69, 9.17) is 9.47 Å². The number of nitrogens with zero attached hydrogens (tertiary/aromatic N) is 2. The molecule has 0 radical (unpaired) electrons. The van der Waals surface area contributed by atoms with Crippen LogP contribution in [0.4, 0.5) is 5.69 Å². The summed E-state index contributed by atoms with van der Waals surface area (Å²) in [6, 6.07) is 17.2. The largest absolute Gasteiger partial charge is 0.497 e. The number of benzene rings is 3. The Labute approximate surface area is 189 Å². The Bertz CT molecular complexity index is 1140. The van der Waals surface area contributed by atoms with Crippen LogP contribution in [0.5, 0.6) is 11.5 Å². The molecule has 0 spiro atoms. The van der Waals surface area contributed by atoms with Crippen LogP contribution in [0.1, 0.15) is 21.5 Å². The molecule has 9 heteroatoms. The smallest absolute Gasteiger partial charge is 0.271 e. The van der Waals surface area contributed by atoms with Gasteiger partial charge in [0.2, 0.25) is 0 Å². The van der Waals surface area contributed by atoms with Crippen molar-refractivity contribution in [1.82, 2.24) is 5.43 Å². The van der Waals surface area contributed by atoms with Crippen LogP contribution in [0.2, 0.25) is 0 Å². The van der Waals surface area contributed by atoms with E-state index >= 15 is 0 Å². The number of nitrogens with one attached hydrogen (secondary N) is 1. The number of carbonyl (C=O) groups is 1. The summed E-state index contributed by atoms with van der Waals surface area (Å²) in [5.41, 5.74) is 4.31. The molecule has 0 saturated carbocycles. The van der Waals surface area contributed by atoms with Crippen molar-refractivity contribution in [2.45, 2.75) is 16.7 Å². The number of nitro benzene ring substituents is 1. The van der Waals surface area contributed by atoms with E-state index in [0.29, 0.717) is 22.6 Å². The van der Waals surface area contributed by atoms with Crippen LogP contribution in [0.3, 0.4) is 0 Å². The van der Waals surface area contributed by atoms with Gasteiger partial charge in [-0.15, -0.1) is 0 Å². The van der Waals surface area contributed by atoms with Gasteiger partial charge in [-0.1, -0.05) is 29.5 Å². The number of hydrazone groups is 1. The number of aryl methyl sites for hydroxylation is 1. The predicted molar refractivity (Wildman–Crippen MR) is 123 cm³/mol. The second-order valence-electron chi connectivity index (χ2n) is 6.69. The van der Waals surface area contributed by atoms with E-state index in [1.807, 2.05) is 31.2 Å². The van der Waals surface area contributed by atoms with Gasteiger partial charge in [-0.25, -0.2) is 5.43 Å². The lowest BCUT2D eigenvalue weighted by molar-refractivity contribution is -0.384. The van der Waals surface area contributed by atoms with Gasteiger partial charge in [-0.3, -0.25) is 14.9 Å². The van der Waals surface area contributed by atoms with Gasteiger partial charge in [0, 0.05) is 39.1 Å². The third-order valence-electron chi connectivity index (χ3n) is 4.44. The molecule has 0 aromatic heterocycles. The summed E-state index contributed by atoms with van der Waals surface area (Å²) < 4.78 is 10.3. The molecule has 3 aromatic rings. The highest BCUT2D eigenvalue weighted by molar-refractivity contribution is 7.99. The second kappa shape index (κ2) is 10.5. The topological polar surface area (TPSA) is 103 Å². The number of ether oxygens (including phenoxy) is 2. The van der Waals surface area contributed by atoms with E-state index in [-0.39, 0.29) is 5.69 Å². The maximum atomic E-state index is 12.5. The number of hydrogen-bond donors (Lipinski definition) is 1. The molecule has 0 aliphatic heterocycles. The molecule has 1 N–H and O–H groups in total. The normalized spacial score (nSPS) is 10.7. The predicted octanol–water partition coefficient (Wildman–Crippen LogP) is 4.84. The Morgan fingerprint density at radius 1 is 1.03 bits per heavy atom. The zero-order valence-corrected chi connectivity index (χ0v) is 18.5. The lowest BCUT2D eigenvalue weighted by Gasteiger charge is -2.08. The average molecular weight is 452 g/mol. The SMILES string of the molecule is COc1cc(OC)cc(C(=O)N/N=C/c2cc([N+](=O)[O-])ccc2Sc2ccc(C)cc2)c1. The molecule has 3 aromatic carbocycles. The molecule has 3 rings (SSSR count). The van der Waals surface area contributed by atoms with E-state index in [9.17, 15) is 14.9 Å². The van der Waals surface area contributed by atoms with E-state index in [1.165, 1.54) is 44.3 Å². The zero-order chi connectivity index (χ0) is 23.1. The Balaban J connectivity index is 1.83. The maximum absolute atomic E-state index is 12.5. The fraction of sp³-hybridized carbons (Fsp3) is 0.130. The molecular formula is C23H21N3O5S. The maximum Gasteiger partial charge on any atom is 0.271 e. The highest BCUT2D eigenvalue weighted by Gasteiger charge is 2.12. The number of nitro groups is 1. The number of rotatable bonds is 8. The molecule has 0 unspecified atom stereocenters. The minimum Gasteiger partial charge on any atom is -0.497 e. The Morgan fingerprint density at radius 3 is 2.28 bits per heavy atom. The molecule has 0 saturated heterocycles. The van der Waals surface area contributed by atoms with Crippen LogP contribution in [-0.2, 0) is 0 Å². The number of non-ortho nitro benzene ring substituents is 1.